The number of hydrogen-bond donors (Lipinski definition) is 0. The molecule has 1 fully saturated rings. The molecule has 0 amide bonds. The maximum atomic E-state index is 13.1. The maximum Gasteiger partial charge on any atom is 0.119 e. The second-order valence-electron chi connectivity index (χ2n) is 7.47. The Morgan fingerprint density at radius 3 is 2.00 bits per heavy atom. The number of anilines is 1. The van der Waals surface area contributed by atoms with Crippen LogP contribution in [0.2, 0.25) is 0 Å². The lowest BCUT2D eigenvalue weighted by Crippen LogP contribution is -2.19. The van der Waals surface area contributed by atoms with Crippen molar-refractivity contribution < 1.29 is 4.39 Å². The van der Waals surface area contributed by atoms with Crippen molar-refractivity contribution in [1.29, 1.82) is 0 Å². The molecular formula is C26H43FN2. The molecule has 3 rings (SSSR count). The Morgan fingerprint density at radius 1 is 0.931 bits per heavy atom. The molecule has 29 heavy (non-hydrogen) atoms. The third kappa shape index (κ3) is 9.92. The first-order chi connectivity index (χ1) is 13.9. The highest BCUT2D eigenvalue weighted by atomic mass is 19.1. The number of pyridine rings is 1. The standard InChI is InChI=1S/C13H18FN.C9H13N.2C2H6/c1-10(2)11-4-3-5-13(8-11)15-7-6-12(14)9-15;1-7(2)9-5-4-8(3)10-6-9;2*1-2/h3-5,8,10,12H,6-7,9H2,1-2H3;4-7H,1-3H3;2*1-2H3. The SMILES string of the molecule is CC.CC.CC(C)c1cccc(N2CCC(F)C2)c1.Cc1ccc(C(C)C)cn1. The summed E-state index contributed by atoms with van der Waals surface area (Å²) in [5, 5.41) is 0. The molecule has 2 nitrogen and oxygen atoms in total. The zero-order valence-corrected chi connectivity index (χ0v) is 20.2. The Morgan fingerprint density at radius 2 is 1.55 bits per heavy atom. The maximum absolute atomic E-state index is 13.1. The van der Waals surface area contributed by atoms with E-state index in [9.17, 15) is 4.39 Å². The molecule has 164 valence electrons. The smallest absolute Gasteiger partial charge is 0.119 e. The van der Waals surface area contributed by atoms with Gasteiger partial charge in [-0.05, 0) is 54.5 Å². The summed E-state index contributed by atoms with van der Waals surface area (Å²) in [7, 11) is 0. The van der Waals surface area contributed by atoms with Gasteiger partial charge in [-0.1, -0.05) is 73.6 Å². The average Bonchev–Trinajstić information content (AvgIpc) is 3.18. The summed E-state index contributed by atoms with van der Waals surface area (Å²) >= 11 is 0. The topological polar surface area (TPSA) is 16.1 Å². The number of alkyl halides is 1. The van der Waals surface area contributed by atoms with Gasteiger partial charge in [-0.3, -0.25) is 4.98 Å². The molecule has 0 bridgehead atoms. The van der Waals surface area contributed by atoms with Crippen molar-refractivity contribution in [2.45, 2.75) is 86.7 Å². The number of aromatic nitrogens is 1. The highest BCUT2D eigenvalue weighted by Crippen LogP contribution is 2.25. The minimum atomic E-state index is -0.646. The van der Waals surface area contributed by atoms with Gasteiger partial charge in [-0.25, -0.2) is 4.39 Å². The molecule has 0 aliphatic carbocycles. The van der Waals surface area contributed by atoms with Gasteiger partial charge in [0.2, 0.25) is 0 Å². The lowest BCUT2D eigenvalue weighted by molar-refractivity contribution is 0.364. The summed E-state index contributed by atoms with van der Waals surface area (Å²) in [4.78, 5) is 6.34. The zero-order chi connectivity index (χ0) is 22.4. The monoisotopic (exact) mass is 402 g/mol. The number of benzene rings is 1. The molecule has 1 unspecified atom stereocenters. The summed E-state index contributed by atoms with van der Waals surface area (Å²) in [6.07, 6.45) is 1.97. The van der Waals surface area contributed by atoms with E-state index in [0.29, 0.717) is 24.8 Å². The van der Waals surface area contributed by atoms with Crippen molar-refractivity contribution in [3.63, 3.8) is 0 Å². The first-order valence-corrected chi connectivity index (χ1v) is 11.3. The molecule has 1 atom stereocenters. The van der Waals surface area contributed by atoms with Crippen molar-refractivity contribution in [2.75, 3.05) is 18.0 Å². The van der Waals surface area contributed by atoms with Crippen molar-refractivity contribution in [3.8, 4) is 0 Å². The van der Waals surface area contributed by atoms with Gasteiger partial charge >= 0.3 is 0 Å². The van der Waals surface area contributed by atoms with E-state index in [1.807, 2.05) is 40.8 Å². The second kappa shape index (κ2) is 15.0. The molecule has 2 aromatic rings. The fourth-order valence-corrected chi connectivity index (χ4v) is 2.85. The number of hydrogen-bond acceptors (Lipinski definition) is 2. The van der Waals surface area contributed by atoms with Crippen LogP contribution in [-0.2, 0) is 0 Å². The van der Waals surface area contributed by atoms with Crippen LogP contribution in [0.25, 0.3) is 0 Å². The van der Waals surface area contributed by atoms with Crippen LogP contribution in [0.5, 0.6) is 0 Å². The first kappa shape index (κ1) is 27.1. The minimum absolute atomic E-state index is 0.536. The zero-order valence-electron chi connectivity index (χ0n) is 20.2. The van der Waals surface area contributed by atoms with E-state index in [1.54, 1.807) is 0 Å². The van der Waals surface area contributed by atoms with Gasteiger partial charge in [0, 0.05) is 30.7 Å². The van der Waals surface area contributed by atoms with Crippen LogP contribution in [-0.4, -0.2) is 24.2 Å². The molecule has 1 aromatic carbocycles. The van der Waals surface area contributed by atoms with Crippen LogP contribution in [0.4, 0.5) is 10.1 Å². The molecule has 2 heterocycles. The Labute approximate surface area is 179 Å². The van der Waals surface area contributed by atoms with E-state index in [2.05, 4.69) is 74.0 Å². The first-order valence-electron chi connectivity index (χ1n) is 11.3. The summed E-state index contributed by atoms with van der Waals surface area (Å²) in [6, 6.07) is 12.6. The van der Waals surface area contributed by atoms with Gasteiger partial charge in [0.1, 0.15) is 6.17 Å². The molecule has 3 heteroatoms. The third-order valence-electron chi connectivity index (χ3n) is 4.63. The van der Waals surface area contributed by atoms with Gasteiger partial charge in [0.25, 0.3) is 0 Å². The Bertz CT molecular complexity index is 650. The molecule has 0 spiro atoms. The number of aryl methyl sites for hydroxylation is 1. The van der Waals surface area contributed by atoms with Gasteiger partial charge < -0.3 is 4.90 Å². The largest absolute Gasteiger partial charge is 0.369 e. The molecule has 0 saturated carbocycles. The van der Waals surface area contributed by atoms with Crippen LogP contribution in [0.15, 0.2) is 42.6 Å². The number of nitrogens with zero attached hydrogens (tertiary/aromatic N) is 2. The van der Waals surface area contributed by atoms with Crippen molar-refractivity contribution in [1.82, 2.24) is 4.98 Å². The van der Waals surface area contributed by atoms with Crippen LogP contribution in [0.1, 0.15) is 90.5 Å². The summed E-state index contributed by atoms with van der Waals surface area (Å²) in [5.74, 6) is 1.13. The fourth-order valence-electron chi connectivity index (χ4n) is 2.85. The molecule has 1 aromatic heterocycles. The number of rotatable bonds is 3. The van der Waals surface area contributed by atoms with Crippen molar-refractivity contribution >= 4 is 5.69 Å². The highest BCUT2D eigenvalue weighted by molar-refractivity contribution is 5.50. The quantitative estimate of drug-likeness (QED) is 0.518. The van der Waals surface area contributed by atoms with Crippen LogP contribution in [0.3, 0.4) is 0 Å². The Kier molecular flexibility index (Phi) is 14.0. The molecule has 0 radical (unpaired) electrons. The fraction of sp³-hybridized carbons (Fsp3) is 0.577. The summed E-state index contributed by atoms with van der Waals surface area (Å²) in [5.41, 5.74) is 4.89. The van der Waals surface area contributed by atoms with Crippen LogP contribution < -0.4 is 4.90 Å². The van der Waals surface area contributed by atoms with Crippen LogP contribution >= 0.6 is 0 Å². The summed E-state index contributed by atoms with van der Waals surface area (Å²) < 4.78 is 13.1. The van der Waals surface area contributed by atoms with Gasteiger partial charge in [0.15, 0.2) is 0 Å². The van der Waals surface area contributed by atoms with E-state index in [1.165, 1.54) is 16.8 Å². The van der Waals surface area contributed by atoms with E-state index in [-0.39, 0.29) is 0 Å². The highest BCUT2D eigenvalue weighted by Gasteiger charge is 2.21. The molecule has 1 aliphatic rings. The molecule has 1 aliphatic heterocycles. The number of halogens is 1. The third-order valence-corrected chi connectivity index (χ3v) is 4.63. The van der Waals surface area contributed by atoms with E-state index in [0.717, 1.165) is 12.2 Å². The lowest BCUT2D eigenvalue weighted by Gasteiger charge is -2.19. The molecule has 0 N–H and O–H groups in total. The van der Waals surface area contributed by atoms with Gasteiger partial charge in [-0.2, -0.15) is 0 Å². The Hall–Kier alpha value is -1.90. The predicted octanol–water partition coefficient (Wildman–Crippen LogP) is 7.92. The molecular weight excluding hydrogens is 359 g/mol. The predicted molar refractivity (Wildman–Crippen MR) is 128 cm³/mol. The van der Waals surface area contributed by atoms with E-state index in [4.69, 9.17) is 0 Å². The Balaban J connectivity index is 0.000000488. The van der Waals surface area contributed by atoms with E-state index < -0.39 is 6.17 Å². The minimum Gasteiger partial charge on any atom is -0.369 e. The average molecular weight is 403 g/mol. The normalized spacial score (nSPS) is 15.0. The van der Waals surface area contributed by atoms with Crippen LogP contribution in [0, 0.1) is 6.92 Å². The molecule has 1 saturated heterocycles. The second-order valence-corrected chi connectivity index (χ2v) is 7.47. The van der Waals surface area contributed by atoms with Gasteiger partial charge in [0.05, 0.1) is 0 Å². The van der Waals surface area contributed by atoms with Crippen molar-refractivity contribution in [3.05, 3.63) is 59.4 Å². The van der Waals surface area contributed by atoms with Crippen molar-refractivity contribution in [2.24, 2.45) is 0 Å². The summed E-state index contributed by atoms with van der Waals surface area (Å²) in [6.45, 7) is 20.1. The van der Waals surface area contributed by atoms with Gasteiger partial charge in [-0.15, -0.1) is 0 Å². The van der Waals surface area contributed by atoms with E-state index >= 15 is 0 Å². The lowest BCUT2D eigenvalue weighted by atomic mass is 10.0.